The molecule has 0 aliphatic rings. The topological polar surface area (TPSA) is 58.6 Å². The molecule has 4 nitrogen and oxygen atoms in total. The number of aliphatic hydroxyl groups is 1. The molecule has 1 amide bonds. The number of hydrogen-bond donors (Lipinski definition) is 2. The molecule has 1 atom stereocenters. The van der Waals surface area contributed by atoms with Crippen molar-refractivity contribution in [3.63, 3.8) is 0 Å². The van der Waals surface area contributed by atoms with E-state index in [1.807, 2.05) is 45.9 Å². The Hall–Kier alpha value is -1.55. The van der Waals surface area contributed by atoms with Crippen LogP contribution in [0.2, 0.25) is 0 Å². The third-order valence-corrected chi connectivity index (χ3v) is 3.80. The van der Waals surface area contributed by atoms with Crippen molar-refractivity contribution in [3.05, 3.63) is 29.3 Å². The second-order valence-electron chi connectivity index (χ2n) is 5.42. The van der Waals surface area contributed by atoms with Crippen molar-refractivity contribution >= 4 is 5.91 Å². The highest BCUT2D eigenvalue weighted by Crippen LogP contribution is 2.20. The molecule has 0 radical (unpaired) electrons. The Kier molecular flexibility index (Phi) is 6.02. The van der Waals surface area contributed by atoms with Crippen LogP contribution in [0.15, 0.2) is 18.2 Å². The zero-order valence-electron chi connectivity index (χ0n) is 12.8. The van der Waals surface area contributed by atoms with Crippen LogP contribution in [0, 0.1) is 13.8 Å². The van der Waals surface area contributed by atoms with Crippen LogP contribution in [-0.2, 0) is 4.79 Å². The Balaban J connectivity index is 2.57. The average molecular weight is 279 g/mol. The van der Waals surface area contributed by atoms with E-state index in [4.69, 9.17) is 9.84 Å². The summed E-state index contributed by atoms with van der Waals surface area (Å²) in [6.45, 7) is 7.95. The molecule has 1 aromatic carbocycles. The number of nitrogens with one attached hydrogen (secondary N) is 1. The Bertz CT molecular complexity index is 459. The van der Waals surface area contributed by atoms with Crippen LogP contribution in [0.3, 0.4) is 0 Å². The monoisotopic (exact) mass is 279 g/mol. The molecule has 1 aromatic rings. The summed E-state index contributed by atoms with van der Waals surface area (Å²) in [5.74, 6) is 0.573. The second kappa shape index (κ2) is 7.29. The summed E-state index contributed by atoms with van der Waals surface area (Å²) in [6.07, 6.45) is 1.31. The average Bonchev–Trinajstić information content (AvgIpc) is 2.40. The molecule has 20 heavy (non-hydrogen) atoms. The lowest BCUT2D eigenvalue weighted by Gasteiger charge is -2.29. The Morgan fingerprint density at radius 1 is 1.40 bits per heavy atom. The van der Waals surface area contributed by atoms with Gasteiger partial charge in [-0.2, -0.15) is 0 Å². The van der Waals surface area contributed by atoms with E-state index in [-0.39, 0.29) is 24.7 Å². The molecule has 0 heterocycles. The van der Waals surface area contributed by atoms with E-state index in [2.05, 4.69) is 5.32 Å². The molecular weight excluding hydrogens is 254 g/mol. The third kappa shape index (κ3) is 4.53. The van der Waals surface area contributed by atoms with E-state index >= 15 is 0 Å². The van der Waals surface area contributed by atoms with Crippen molar-refractivity contribution in [3.8, 4) is 5.75 Å². The molecular formula is C16H25NO3. The summed E-state index contributed by atoms with van der Waals surface area (Å²) in [5, 5.41) is 12.0. The quantitative estimate of drug-likeness (QED) is 0.805. The Morgan fingerprint density at radius 3 is 2.70 bits per heavy atom. The van der Waals surface area contributed by atoms with Gasteiger partial charge in [-0.15, -0.1) is 0 Å². The third-order valence-electron chi connectivity index (χ3n) is 3.80. The molecule has 0 saturated carbocycles. The summed E-state index contributed by atoms with van der Waals surface area (Å²) in [5.41, 5.74) is 1.81. The number of aryl methyl sites for hydroxylation is 1. The molecule has 1 rings (SSSR count). The largest absolute Gasteiger partial charge is 0.483 e. The van der Waals surface area contributed by atoms with Crippen LogP contribution in [0.5, 0.6) is 5.75 Å². The first-order valence-corrected chi connectivity index (χ1v) is 7.02. The maximum absolute atomic E-state index is 11.9. The maximum atomic E-state index is 11.9. The fraction of sp³-hybridized carbons (Fsp3) is 0.562. The molecule has 1 unspecified atom stereocenters. The fourth-order valence-electron chi connectivity index (χ4n) is 1.97. The van der Waals surface area contributed by atoms with E-state index in [9.17, 15) is 4.79 Å². The molecule has 2 N–H and O–H groups in total. The predicted octanol–water partition coefficient (Wildman–Crippen LogP) is 2.35. The second-order valence-corrected chi connectivity index (χ2v) is 5.42. The van der Waals surface area contributed by atoms with E-state index in [0.717, 1.165) is 23.3 Å². The van der Waals surface area contributed by atoms with Crippen molar-refractivity contribution in [2.75, 3.05) is 13.2 Å². The minimum Gasteiger partial charge on any atom is -0.483 e. The lowest BCUT2D eigenvalue weighted by atomic mass is 9.95. The first-order valence-electron chi connectivity index (χ1n) is 7.02. The maximum Gasteiger partial charge on any atom is 0.258 e. The van der Waals surface area contributed by atoms with Gasteiger partial charge in [-0.3, -0.25) is 4.79 Å². The zero-order valence-corrected chi connectivity index (χ0v) is 12.8. The van der Waals surface area contributed by atoms with Gasteiger partial charge in [-0.1, -0.05) is 19.1 Å². The molecule has 112 valence electrons. The molecule has 4 heteroatoms. The lowest BCUT2D eigenvalue weighted by molar-refractivity contribution is -0.125. The SMILES string of the molecule is CCC(C)(CCO)NC(=O)COc1cccc(C)c1C. The highest BCUT2D eigenvalue weighted by atomic mass is 16.5. The summed E-state index contributed by atoms with van der Waals surface area (Å²) in [4.78, 5) is 11.9. The summed E-state index contributed by atoms with van der Waals surface area (Å²) in [7, 11) is 0. The minimum atomic E-state index is -0.378. The van der Waals surface area contributed by atoms with E-state index in [1.165, 1.54) is 0 Å². The summed E-state index contributed by atoms with van der Waals surface area (Å²) in [6, 6.07) is 5.79. The summed E-state index contributed by atoms with van der Waals surface area (Å²) >= 11 is 0. The van der Waals surface area contributed by atoms with Gasteiger partial charge in [0.05, 0.1) is 0 Å². The Labute approximate surface area is 121 Å². The van der Waals surface area contributed by atoms with Gasteiger partial charge in [0.2, 0.25) is 0 Å². The number of benzene rings is 1. The van der Waals surface area contributed by atoms with E-state index in [1.54, 1.807) is 0 Å². The fourth-order valence-corrected chi connectivity index (χ4v) is 1.97. The number of ether oxygens (including phenoxy) is 1. The number of carbonyl (C=O) groups is 1. The molecule has 0 aliphatic heterocycles. The van der Waals surface area contributed by atoms with Crippen molar-refractivity contribution in [1.29, 1.82) is 0 Å². The predicted molar refractivity (Wildman–Crippen MR) is 80.0 cm³/mol. The van der Waals surface area contributed by atoms with Crippen LogP contribution in [0.25, 0.3) is 0 Å². The number of amides is 1. The number of carbonyl (C=O) groups excluding carboxylic acids is 1. The number of aliphatic hydroxyl groups excluding tert-OH is 1. The minimum absolute atomic E-state index is 0.00862. The first kappa shape index (κ1) is 16.5. The van der Waals surface area contributed by atoms with Gasteiger partial charge in [0.15, 0.2) is 6.61 Å². The zero-order chi connectivity index (χ0) is 15.2. The van der Waals surface area contributed by atoms with Crippen molar-refractivity contribution < 1.29 is 14.6 Å². The lowest BCUT2D eigenvalue weighted by Crippen LogP contribution is -2.47. The van der Waals surface area contributed by atoms with Crippen LogP contribution in [-0.4, -0.2) is 29.8 Å². The van der Waals surface area contributed by atoms with Gasteiger partial charge in [0, 0.05) is 12.1 Å². The smallest absolute Gasteiger partial charge is 0.258 e. The van der Waals surface area contributed by atoms with Crippen molar-refractivity contribution in [1.82, 2.24) is 5.32 Å². The number of hydrogen-bond acceptors (Lipinski definition) is 3. The molecule has 0 aromatic heterocycles. The van der Waals surface area contributed by atoms with Crippen molar-refractivity contribution in [2.24, 2.45) is 0 Å². The summed E-state index contributed by atoms with van der Waals surface area (Å²) < 4.78 is 5.57. The van der Waals surface area contributed by atoms with Crippen LogP contribution in [0.1, 0.15) is 37.8 Å². The van der Waals surface area contributed by atoms with Gasteiger partial charge in [0.25, 0.3) is 5.91 Å². The van der Waals surface area contributed by atoms with Crippen LogP contribution < -0.4 is 10.1 Å². The molecule has 0 aliphatic carbocycles. The highest BCUT2D eigenvalue weighted by molar-refractivity contribution is 5.78. The van der Waals surface area contributed by atoms with Gasteiger partial charge in [-0.05, 0) is 50.8 Å². The van der Waals surface area contributed by atoms with Gasteiger partial charge in [-0.25, -0.2) is 0 Å². The highest BCUT2D eigenvalue weighted by Gasteiger charge is 2.23. The van der Waals surface area contributed by atoms with Gasteiger partial charge < -0.3 is 15.2 Å². The molecule has 0 spiro atoms. The van der Waals surface area contributed by atoms with Crippen LogP contribution in [0.4, 0.5) is 0 Å². The first-order chi connectivity index (χ1) is 9.41. The standard InChI is InChI=1S/C16H25NO3/c1-5-16(4,9-10-18)17-15(19)11-20-14-8-6-7-12(2)13(14)3/h6-8,18H,5,9-11H2,1-4H3,(H,17,19). The number of rotatable bonds is 7. The van der Waals surface area contributed by atoms with E-state index in [0.29, 0.717) is 6.42 Å². The molecule has 0 fully saturated rings. The van der Waals surface area contributed by atoms with Gasteiger partial charge in [0.1, 0.15) is 5.75 Å². The Morgan fingerprint density at radius 2 is 2.10 bits per heavy atom. The normalized spacial score (nSPS) is 13.7. The van der Waals surface area contributed by atoms with Crippen molar-refractivity contribution in [2.45, 2.75) is 46.1 Å². The van der Waals surface area contributed by atoms with Crippen LogP contribution >= 0.6 is 0 Å². The van der Waals surface area contributed by atoms with E-state index < -0.39 is 0 Å². The van der Waals surface area contributed by atoms with Gasteiger partial charge >= 0.3 is 0 Å². The molecule has 0 saturated heterocycles. The molecule has 0 bridgehead atoms.